The molecule has 0 aromatic heterocycles. The van der Waals surface area contributed by atoms with E-state index in [1.165, 1.54) is 4.90 Å². The van der Waals surface area contributed by atoms with Crippen LogP contribution in [0.3, 0.4) is 0 Å². The van der Waals surface area contributed by atoms with Crippen molar-refractivity contribution in [1.82, 2.24) is 15.5 Å². The lowest BCUT2D eigenvalue weighted by molar-refractivity contribution is -0.130. The van der Waals surface area contributed by atoms with Gasteiger partial charge in [0, 0.05) is 13.1 Å². The minimum atomic E-state index is -0.718. The van der Waals surface area contributed by atoms with E-state index >= 15 is 0 Å². The first-order valence-corrected chi connectivity index (χ1v) is 7.33. The summed E-state index contributed by atoms with van der Waals surface area (Å²) < 4.78 is 5.15. The third-order valence-electron chi connectivity index (χ3n) is 2.95. The minimum Gasteiger partial charge on any atom is -0.444 e. The summed E-state index contributed by atoms with van der Waals surface area (Å²) in [4.78, 5) is 37.2. The van der Waals surface area contributed by atoms with Gasteiger partial charge in [0.2, 0.25) is 0 Å². The number of urea groups is 1. The number of nitrogens with zero attached hydrogens (tertiary/aromatic N) is 1. The van der Waals surface area contributed by atoms with Crippen LogP contribution in [0.15, 0.2) is 0 Å². The summed E-state index contributed by atoms with van der Waals surface area (Å²) in [5, 5.41) is 5.17. The van der Waals surface area contributed by atoms with Crippen molar-refractivity contribution in [3.63, 3.8) is 0 Å². The number of amides is 4. The molecule has 4 amide bonds. The molecule has 0 bridgehead atoms. The molecular weight excluding hydrogens is 274 g/mol. The van der Waals surface area contributed by atoms with Crippen LogP contribution in [-0.2, 0) is 9.53 Å². The van der Waals surface area contributed by atoms with Gasteiger partial charge in [0.05, 0.1) is 0 Å². The third kappa shape index (κ3) is 5.61. The molecule has 1 aliphatic rings. The first-order chi connectivity index (χ1) is 9.74. The van der Waals surface area contributed by atoms with E-state index in [1.807, 2.05) is 0 Å². The highest BCUT2D eigenvalue weighted by molar-refractivity contribution is 5.98. The molecule has 1 fully saturated rings. The predicted molar refractivity (Wildman–Crippen MR) is 77.8 cm³/mol. The van der Waals surface area contributed by atoms with Crippen molar-refractivity contribution in [3.05, 3.63) is 0 Å². The maximum absolute atomic E-state index is 12.4. The molecule has 2 N–H and O–H groups in total. The Morgan fingerprint density at radius 1 is 1.33 bits per heavy atom. The molecule has 7 nitrogen and oxygen atoms in total. The summed E-state index contributed by atoms with van der Waals surface area (Å²) in [6.45, 7) is 7.87. The Hall–Kier alpha value is -1.79. The number of carbonyl (C=O) groups is 3. The fourth-order valence-electron chi connectivity index (χ4n) is 2.07. The van der Waals surface area contributed by atoms with Crippen molar-refractivity contribution in [2.24, 2.45) is 0 Å². The zero-order chi connectivity index (χ0) is 16.0. The lowest BCUT2D eigenvalue weighted by Crippen LogP contribution is -2.52. The maximum atomic E-state index is 12.4. The van der Waals surface area contributed by atoms with Crippen molar-refractivity contribution >= 4 is 18.0 Å². The lowest BCUT2D eigenvalue weighted by Gasteiger charge is -2.25. The fourth-order valence-corrected chi connectivity index (χ4v) is 2.07. The molecule has 0 saturated carbocycles. The Morgan fingerprint density at radius 2 is 2.00 bits per heavy atom. The molecule has 1 heterocycles. The predicted octanol–water partition coefficient (Wildman–Crippen LogP) is 1.62. The van der Waals surface area contributed by atoms with E-state index in [2.05, 4.69) is 10.6 Å². The number of hydrogen-bond acceptors (Lipinski definition) is 4. The Morgan fingerprint density at radius 3 is 2.57 bits per heavy atom. The van der Waals surface area contributed by atoms with Gasteiger partial charge in [0.15, 0.2) is 0 Å². The summed E-state index contributed by atoms with van der Waals surface area (Å²) in [5.41, 5.74) is -0.628. The van der Waals surface area contributed by atoms with Gasteiger partial charge in [-0.15, -0.1) is 0 Å². The van der Waals surface area contributed by atoms with E-state index < -0.39 is 23.8 Å². The van der Waals surface area contributed by atoms with Crippen LogP contribution in [0.2, 0.25) is 0 Å². The van der Waals surface area contributed by atoms with Crippen molar-refractivity contribution in [2.45, 2.75) is 58.6 Å². The van der Waals surface area contributed by atoms with E-state index in [-0.39, 0.29) is 5.91 Å². The van der Waals surface area contributed by atoms with Crippen molar-refractivity contribution in [3.8, 4) is 0 Å². The van der Waals surface area contributed by atoms with Gasteiger partial charge in [0.25, 0.3) is 5.91 Å². The highest BCUT2D eigenvalue weighted by Crippen LogP contribution is 2.14. The molecular formula is C14H25N3O4. The average Bonchev–Trinajstić information content (AvgIpc) is 2.50. The smallest absolute Gasteiger partial charge is 0.408 e. The number of rotatable bonds is 2. The van der Waals surface area contributed by atoms with Crippen LogP contribution in [0.4, 0.5) is 9.59 Å². The molecule has 0 aromatic carbocycles. The molecule has 0 aliphatic carbocycles. The fraction of sp³-hybridized carbons (Fsp3) is 0.786. The molecule has 21 heavy (non-hydrogen) atoms. The standard InChI is InChI=1S/C14H25N3O4/c1-5-15-12(19)17-9-7-6-8-10(11(17)18)16-13(20)21-14(2,3)4/h10H,5-9H2,1-4H3,(H,15,19)(H,16,20)/t10-/m0/s1. The Bertz CT molecular complexity index is 404. The van der Waals surface area contributed by atoms with Crippen molar-refractivity contribution < 1.29 is 19.1 Å². The number of imide groups is 1. The maximum Gasteiger partial charge on any atom is 0.408 e. The zero-order valence-corrected chi connectivity index (χ0v) is 13.2. The molecule has 1 aliphatic heterocycles. The van der Waals surface area contributed by atoms with E-state index in [9.17, 15) is 14.4 Å². The number of alkyl carbamates (subject to hydrolysis) is 1. The minimum absolute atomic E-state index is 0.372. The molecule has 0 aromatic rings. The molecule has 7 heteroatoms. The highest BCUT2D eigenvalue weighted by Gasteiger charge is 2.32. The highest BCUT2D eigenvalue weighted by atomic mass is 16.6. The third-order valence-corrected chi connectivity index (χ3v) is 2.95. The Kier molecular flexibility index (Phi) is 5.99. The number of hydrogen-bond donors (Lipinski definition) is 2. The zero-order valence-electron chi connectivity index (χ0n) is 13.2. The van der Waals surface area contributed by atoms with Gasteiger partial charge in [-0.1, -0.05) is 0 Å². The summed E-state index contributed by atoms with van der Waals surface area (Å²) in [5.74, 6) is -0.385. The molecule has 0 radical (unpaired) electrons. The van der Waals surface area contributed by atoms with Gasteiger partial charge in [-0.25, -0.2) is 9.59 Å². The molecule has 1 rings (SSSR count). The first kappa shape index (κ1) is 17.3. The lowest BCUT2D eigenvalue weighted by atomic mass is 10.1. The van der Waals surface area contributed by atoms with Gasteiger partial charge in [-0.3, -0.25) is 9.69 Å². The SMILES string of the molecule is CCNC(=O)N1CCCC[C@H](NC(=O)OC(C)(C)C)C1=O. The molecule has 120 valence electrons. The van der Waals surface area contributed by atoms with E-state index in [4.69, 9.17) is 4.74 Å². The molecule has 0 spiro atoms. The van der Waals surface area contributed by atoms with Gasteiger partial charge < -0.3 is 15.4 Å². The van der Waals surface area contributed by atoms with Crippen LogP contribution in [-0.4, -0.2) is 47.7 Å². The number of nitrogens with one attached hydrogen (secondary N) is 2. The van der Waals surface area contributed by atoms with Crippen LogP contribution < -0.4 is 10.6 Å². The second kappa shape index (κ2) is 7.28. The van der Waals surface area contributed by atoms with Crippen LogP contribution in [0.1, 0.15) is 47.0 Å². The van der Waals surface area contributed by atoms with Gasteiger partial charge in [-0.2, -0.15) is 0 Å². The summed E-state index contributed by atoms with van der Waals surface area (Å²) in [6.07, 6.45) is 1.37. The summed E-state index contributed by atoms with van der Waals surface area (Å²) in [6, 6.07) is -1.13. The van der Waals surface area contributed by atoms with Crippen LogP contribution >= 0.6 is 0 Å². The van der Waals surface area contributed by atoms with E-state index in [0.29, 0.717) is 19.5 Å². The second-order valence-electron chi connectivity index (χ2n) is 6.02. The molecule has 1 saturated heterocycles. The number of carbonyl (C=O) groups excluding carboxylic acids is 3. The summed E-state index contributed by atoms with van der Waals surface area (Å²) in [7, 11) is 0. The second-order valence-corrected chi connectivity index (χ2v) is 6.02. The van der Waals surface area contributed by atoms with Gasteiger partial charge in [-0.05, 0) is 47.0 Å². The average molecular weight is 299 g/mol. The topological polar surface area (TPSA) is 87.7 Å². The monoisotopic (exact) mass is 299 g/mol. The normalized spacial score (nSPS) is 19.7. The van der Waals surface area contributed by atoms with Gasteiger partial charge >= 0.3 is 12.1 Å². The summed E-state index contributed by atoms with van der Waals surface area (Å²) >= 11 is 0. The number of likely N-dealkylation sites (tertiary alicyclic amines) is 1. The molecule has 0 unspecified atom stereocenters. The Balaban J connectivity index is 2.70. The van der Waals surface area contributed by atoms with Crippen LogP contribution in [0, 0.1) is 0 Å². The quantitative estimate of drug-likeness (QED) is 0.811. The van der Waals surface area contributed by atoms with Crippen molar-refractivity contribution in [1.29, 1.82) is 0 Å². The van der Waals surface area contributed by atoms with Gasteiger partial charge in [0.1, 0.15) is 11.6 Å². The first-order valence-electron chi connectivity index (χ1n) is 7.33. The van der Waals surface area contributed by atoms with E-state index in [0.717, 1.165) is 12.8 Å². The van der Waals surface area contributed by atoms with Crippen LogP contribution in [0.5, 0.6) is 0 Å². The van der Waals surface area contributed by atoms with Crippen molar-refractivity contribution in [2.75, 3.05) is 13.1 Å². The Labute approximate surface area is 125 Å². The number of ether oxygens (including phenoxy) is 1. The van der Waals surface area contributed by atoms with Crippen LogP contribution in [0.25, 0.3) is 0 Å². The van der Waals surface area contributed by atoms with E-state index in [1.54, 1.807) is 27.7 Å². The molecule has 1 atom stereocenters. The largest absolute Gasteiger partial charge is 0.444 e.